The molecule has 0 aliphatic heterocycles. The summed E-state index contributed by atoms with van der Waals surface area (Å²) in [5.74, 6) is 0.371. The van der Waals surface area contributed by atoms with Crippen LogP contribution in [-0.4, -0.2) is 50.6 Å². The number of nitrogens with zero attached hydrogens (tertiary/aromatic N) is 5. The normalized spacial score (nSPS) is 13.1. The molecule has 40 heavy (non-hydrogen) atoms. The number of benzene rings is 1. The molecule has 1 unspecified atom stereocenters. The predicted molar refractivity (Wildman–Crippen MR) is 158 cm³/mol. The topological polar surface area (TPSA) is 115 Å². The van der Waals surface area contributed by atoms with Crippen molar-refractivity contribution in [2.75, 3.05) is 6.61 Å². The molecule has 9 nitrogen and oxygen atoms in total. The zero-order valence-electron chi connectivity index (χ0n) is 24.7. The van der Waals surface area contributed by atoms with Crippen LogP contribution in [0.4, 0.5) is 4.79 Å². The highest BCUT2D eigenvalue weighted by Crippen LogP contribution is 2.36. The number of fused-ring (bicyclic) bond motifs is 2. The van der Waals surface area contributed by atoms with Gasteiger partial charge in [-0.25, -0.2) is 14.8 Å². The first-order valence-electron chi connectivity index (χ1n) is 13.6. The molecule has 212 valence electrons. The molecule has 0 fully saturated rings. The Kier molecular flexibility index (Phi) is 8.22. The van der Waals surface area contributed by atoms with Crippen molar-refractivity contribution in [2.45, 2.75) is 85.2 Å². The zero-order chi connectivity index (χ0) is 29.4. The van der Waals surface area contributed by atoms with Crippen molar-refractivity contribution in [3.05, 3.63) is 58.7 Å². The summed E-state index contributed by atoms with van der Waals surface area (Å²) in [6, 6.07) is 8.62. The van der Waals surface area contributed by atoms with Gasteiger partial charge in [-0.1, -0.05) is 32.6 Å². The highest BCUT2D eigenvalue weighted by atomic mass is 28.3. The quantitative estimate of drug-likeness (QED) is 0.198. The van der Waals surface area contributed by atoms with Crippen molar-refractivity contribution in [2.24, 2.45) is 0 Å². The van der Waals surface area contributed by atoms with Crippen LogP contribution in [0.5, 0.6) is 0 Å². The lowest BCUT2D eigenvalue weighted by atomic mass is 9.93. The fourth-order valence-electron chi connectivity index (χ4n) is 4.80. The fourth-order valence-corrected chi connectivity index (χ4v) is 5.56. The standard InChI is InChI=1S/C30H39N5O4Si/c1-9-21-14-19(2)25-22(10-11-34(25)29(37)39-30(3,4)5)24(21)26(36)28-33-23-15-20(16-31)17-32-27(23)35(28)18-38-12-13-40(6,7)8/h10-11,14-15,17,26,36H,9,12-13,18H2,1-8H3. The maximum absolute atomic E-state index is 13.1. The van der Waals surface area contributed by atoms with Gasteiger partial charge in [-0.2, -0.15) is 5.26 Å². The summed E-state index contributed by atoms with van der Waals surface area (Å²) in [4.78, 5) is 22.3. The number of ether oxygens (including phenoxy) is 2. The van der Waals surface area contributed by atoms with Gasteiger partial charge in [0.25, 0.3) is 0 Å². The maximum Gasteiger partial charge on any atom is 0.419 e. The van der Waals surface area contributed by atoms with Crippen molar-refractivity contribution in [1.82, 2.24) is 19.1 Å². The molecule has 4 aromatic rings. The summed E-state index contributed by atoms with van der Waals surface area (Å²) in [5.41, 5.74) is 3.99. The third-order valence-corrected chi connectivity index (χ3v) is 8.44. The molecule has 1 aromatic carbocycles. The number of aryl methyl sites for hydroxylation is 2. The van der Waals surface area contributed by atoms with E-state index in [2.05, 4.69) is 30.7 Å². The van der Waals surface area contributed by atoms with Crippen molar-refractivity contribution >= 4 is 36.2 Å². The second-order valence-electron chi connectivity index (χ2n) is 12.4. The first-order chi connectivity index (χ1) is 18.7. The van der Waals surface area contributed by atoms with Crippen LogP contribution >= 0.6 is 0 Å². The number of aliphatic hydroxyl groups excluding tert-OH is 1. The van der Waals surface area contributed by atoms with Gasteiger partial charge < -0.3 is 14.6 Å². The van der Waals surface area contributed by atoms with Crippen LogP contribution in [0.3, 0.4) is 0 Å². The summed E-state index contributed by atoms with van der Waals surface area (Å²) in [5, 5.41) is 22.1. The highest BCUT2D eigenvalue weighted by molar-refractivity contribution is 6.76. The molecule has 1 atom stereocenters. The highest BCUT2D eigenvalue weighted by Gasteiger charge is 2.28. The van der Waals surface area contributed by atoms with Crippen molar-refractivity contribution in [3.63, 3.8) is 0 Å². The van der Waals surface area contributed by atoms with Crippen molar-refractivity contribution in [1.29, 1.82) is 5.26 Å². The van der Waals surface area contributed by atoms with Gasteiger partial charge in [0, 0.05) is 38.0 Å². The van der Waals surface area contributed by atoms with Gasteiger partial charge in [0.2, 0.25) is 0 Å². The molecule has 0 radical (unpaired) electrons. The van der Waals surface area contributed by atoms with Crippen LogP contribution in [0.2, 0.25) is 25.7 Å². The molecule has 10 heteroatoms. The number of rotatable bonds is 8. The third-order valence-electron chi connectivity index (χ3n) is 6.74. The van der Waals surface area contributed by atoms with Crippen LogP contribution in [0, 0.1) is 18.3 Å². The van der Waals surface area contributed by atoms with Crippen LogP contribution in [-0.2, 0) is 22.6 Å². The van der Waals surface area contributed by atoms with Gasteiger partial charge in [0.15, 0.2) is 5.65 Å². The Bertz CT molecular complexity index is 1600. The summed E-state index contributed by atoms with van der Waals surface area (Å²) in [6.07, 6.45) is 2.25. The summed E-state index contributed by atoms with van der Waals surface area (Å²) in [6.45, 7) is 17.1. The lowest BCUT2D eigenvalue weighted by Crippen LogP contribution is -2.27. The van der Waals surface area contributed by atoms with E-state index in [9.17, 15) is 15.2 Å². The number of carbonyl (C=O) groups excluding carboxylic acids is 1. The first kappa shape index (κ1) is 29.5. The second-order valence-corrected chi connectivity index (χ2v) is 18.0. The van der Waals surface area contributed by atoms with Crippen LogP contribution in [0.1, 0.15) is 61.9 Å². The number of carbonyl (C=O) groups is 1. The van der Waals surface area contributed by atoms with E-state index in [-0.39, 0.29) is 6.73 Å². The molecular formula is C30H39N5O4Si. The van der Waals surface area contributed by atoms with Gasteiger partial charge in [0.05, 0.1) is 11.1 Å². The number of imidazole rings is 1. The summed E-state index contributed by atoms with van der Waals surface area (Å²) >= 11 is 0. The van der Waals surface area contributed by atoms with E-state index in [1.807, 2.05) is 46.8 Å². The average molecular weight is 562 g/mol. The monoisotopic (exact) mass is 561 g/mol. The Morgan fingerprint density at radius 1 is 1.25 bits per heavy atom. The molecule has 3 heterocycles. The smallest absolute Gasteiger partial charge is 0.419 e. The Morgan fingerprint density at radius 3 is 2.60 bits per heavy atom. The van der Waals surface area contributed by atoms with Gasteiger partial charge in [-0.15, -0.1) is 0 Å². The van der Waals surface area contributed by atoms with Crippen LogP contribution in [0.25, 0.3) is 22.1 Å². The van der Waals surface area contributed by atoms with Gasteiger partial charge >= 0.3 is 6.09 Å². The molecule has 4 rings (SSSR count). The lowest BCUT2D eigenvalue weighted by molar-refractivity contribution is 0.0544. The van der Waals surface area contributed by atoms with Gasteiger partial charge in [-0.3, -0.25) is 9.13 Å². The van der Waals surface area contributed by atoms with Crippen molar-refractivity contribution in [3.8, 4) is 6.07 Å². The number of aromatic nitrogens is 4. The molecular weight excluding hydrogens is 522 g/mol. The number of aliphatic hydroxyl groups is 1. The minimum Gasteiger partial charge on any atom is -0.443 e. The Labute approximate surface area is 236 Å². The molecule has 0 aliphatic rings. The van der Waals surface area contributed by atoms with E-state index < -0.39 is 25.9 Å². The molecule has 1 N–H and O–H groups in total. The molecule has 0 saturated carbocycles. The van der Waals surface area contributed by atoms with Crippen molar-refractivity contribution < 1.29 is 19.4 Å². The van der Waals surface area contributed by atoms with E-state index in [1.165, 1.54) is 10.8 Å². The zero-order valence-corrected chi connectivity index (χ0v) is 25.7. The maximum atomic E-state index is 13.1. The van der Waals surface area contributed by atoms with E-state index in [0.717, 1.165) is 22.6 Å². The second kappa shape index (κ2) is 11.2. The Morgan fingerprint density at radius 2 is 1.98 bits per heavy atom. The predicted octanol–water partition coefficient (Wildman–Crippen LogP) is 6.31. The average Bonchev–Trinajstić information content (AvgIpc) is 3.46. The molecule has 0 aliphatic carbocycles. The Hall–Kier alpha value is -3.52. The number of pyridine rings is 1. The SMILES string of the molecule is CCc1cc(C)c2c(ccn2C(=O)OC(C)(C)C)c1C(O)c1nc2cc(C#N)cnc2n1COCC[Si](C)(C)C. The van der Waals surface area contributed by atoms with E-state index >= 15 is 0 Å². The number of hydrogen-bond acceptors (Lipinski definition) is 7. The molecule has 0 saturated heterocycles. The molecule has 0 spiro atoms. The summed E-state index contributed by atoms with van der Waals surface area (Å²) < 4.78 is 15.0. The first-order valence-corrected chi connectivity index (χ1v) is 17.3. The fraction of sp³-hybridized carbons (Fsp3) is 0.467. The lowest BCUT2D eigenvalue weighted by Gasteiger charge is -2.22. The van der Waals surface area contributed by atoms with E-state index in [0.29, 0.717) is 46.7 Å². The molecule has 3 aromatic heterocycles. The molecule has 0 bridgehead atoms. The minimum absolute atomic E-state index is 0.168. The van der Waals surface area contributed by atoms with Crippen LogP contribution in [0.15, 0.2) is 30.6 Å². The third kappa shape index (κ3) is 6.12. The minimum atomic E-state index is -1.29. The van der Waals surface area contributed by atoms with Gasteiger partial charge in [-0.05, 0) is 63.4 Å². The van der Waals surface area contributed by atoms with E-state index in [1.54, 1.807) is 16.8 Å². The molecule has 0 amide bonds. The van der Waals surface area contributed by atoms with E-state index in [4.69, 9.17) is 14.5 Å². The van der Waals surface area contributed by atoms with Gasteiger partial charge in [0.1, 0.15) is 35.8 Å². The summed E-state index contributed by atoms with van der Waals surface area (Å²) in [7, 11) is -1.29. The van der Waals surface area contributed by atoms with Crippen LogP contribution < -0.4 is 0 Å². The Balaban J connectivity index is 1.85. The largest absolute Gasteiger partial charge is 0.443 e. The number of hydrogen-bond donors (Lipinski definition) is 1. The number of nitriles is 1.